The van der Waals surface area contributed by atoms with Crippen molar-refractivity contribution in [3.63, 3.8) is 0 Å². The molecule has 3 heterocycles. The number of likely N-dealkylation sites (tertiary alicyclic amines) is 1. The molecule has 0 radical (unpaired) electrons. The Balaban J connectivity index is 1.26. The van der Waals surface area contributed by atoms with Crippen molar-refractivity contribution in [3.8, 4) is 0 Å². The van der Waals surface area contributed by atoms with Crippen LogP contribution in [-0.4, -0.2) is 55.8 Å². The van der Waals surface area contributed by atoms with Crippen LogP contribution in [0.25, 0.3) is 0 Å². The van der Waals surface area contributed by atoms with Crippen LogP contribution >= 0.6 is 0 Å². The van der Waals surface area contributed by atoms with Gasteiger partial charge < -0.3 is 10.2 Å². The molecule has 0 bridgehead atoms. The molecule has 1 saturated heterocycles. The Morgan fingerprint density at radius 1 is 1.19 bits per heavy atom. The maximum absolute atomic E-state index is 12.8. The van der Waals surface area contributed by atoms with Gasteiger partial charge in [-0.25, -0.2) is 4.79 Å². The molecule has 2 aromatic heterocycles. The number of urea groups is 1. The number of carbonyl (C=O) groups excluding carboxylic acids is 1. The molecule has 1 aliphatic carbocycles. The average molecular weight is 368 g/mol. The minimum atomic E-state index is 0.0777. The van der Waals surface area contributed by atoms with Gasteiger partial charge in [-0.15, -0.1) is 0 Å². The van der Waals surface area contributed by atoms with E-state index in [1.807, 2.05) is 36.7 Å². The van der Waals surface area contributed by atoms with Crippen molar-refractivity contribution in [2.24, 2.45) is 7.05 Å². The van der Waals surface area contributed by atoms with Crippen LogP contribution < -0.4 is 5.32 Å². The monoisotopic (exact) mass is 368 g/mol. The van der Waals surface area contributed by atoms with Gasteiger partial charge in [0.25, 0.3) is 0 Å². The van der Waals surface area contributed by atoms with Crippen LogP contribution in [0.2, 0.25) is 0 Å². The highest BCUT2D eigenvalue weighted by Crippen LogP contribution is 2.28. The first-order valence-electron chi connectivity index (χ1n) is 9.83. The molecular weight excluding hydrogens is 340 g/mol. The SMILES string of the molecule is Cn1cc(CN(C(=O)NC2CCN(Cc3ccncc3)CC2)C2CC2)cn1. The highest BCUT2D eigenvalue weighted by Gasteiger charge is 2.34. The fraction of sp³-hybridized carbons (Fsp3) is 0.550. The van der Waals surface area contributed by atoms with Crippen molar-refractivity contribution in [3.05, 3.63) is 48.0 Å². The molecular formula is C20H28N6O. The molecule has 7 nitrogen and oxygen atoms in total. The van der Waals surface area contributed by atoms with Crippen LogP contribution in [0.1, 0.15) is 36.8 Å². The van der Waals surface area contributed by atoms with E-state index in [1.165, 1.54) is 5.56 Å². The maximum atomic E-state index is 12.8. The Morgan fingerprint density at radius 2 is 1.93 bits per heavy atom. The number of hydrogen-bond acceptors (Lipinski definition) is 4. The fourth-order valence-corrected chi connectivity index (χ4v) is 3.74. The van der Waals surface area contributed by atoms with Crippen molar-refractivity contribution < 1.29 is 4.79 Å². The number of aryl methyl sites for hydroxylation is 1. The standard InChI is InChI=1S/C20H28N6O/c1-24-13-17(12-22-24)15-26(19-2-3-19)20(27)23-18-6-10-25(11-7-18)14-16-4-8-21-9-5-16/h4-5,8-9,12-13,18-19H,2-3,6-7,10-11,14-15H2,1H3,(H,23,27). The third-order valence-electron chi connectivity index (χ3n) is 5.43. The zero-order valence-corrected chi connectivity index (χ0v) is 15.9. The second-order valence-electron chi connectivity index (χ2n) is 7.74. The van der Waals surface area contributed by atoms with E-state index in [1.54, 1.807) is 4.68 Å². The van der Waals surface area contributed by atoms with Gasteiger partial charge in [-0.05, 0) is 43.4 Å². The lowest BCUT2D eigenvalue weighted by atomic mass is 10.0. The van der Waals surface area contributed by atoms with E-state index in [2.05, 4.69) is 32.4 Å². The van der Waals surface area contributed by atoms with Gasteiger partial charge >= 0.3 is 6.03 Å². The summed E-state index contributed by atoms with van der Waals surface area (Å²) in [6, 6.07) is 4.87. The highest BCUT2D eigenvalue weighted by molar-refractivity contribution is 5.75. The number of rotatable bonds is 6. The summed E-state index contributed by atoms with van der Waals surface area (Å²) in [7, 11) is 1.91. The number of nitrogens with one attached hydrogen (secondary N) is 1. The third-order valence-corrected chi connectivity index (χ3v) is 5.43. The molecule has 0 atom stereocenters. The molecule has 1 aliphatic heterocycles. The first-order chi connectivity index (χ1) is 13.2. The molecule has 0 spiro atoms. The summed E-state index contributed by atoms with van der Waals surface area (Å²) in [4.78, 5) is 21.4. The van der Waals surface area contributed by atoms with E-state index in [9.17, 15) is 4.79 Å². The predicted octanol–water partition coefficient (Wildman–Crippen LogP) is 2.15. The number of piperidine rings is 1. The predicted molar refractivity (Wildman–Crippen MR) is 103 cm³/mol. The van der Waals surface area contributed by atoms with Crippen molar-refractivity contribution in [2.45, 2.75) is 50.9 Å². The van der Waals surface area contributed by atoms with Crippen LogP contribution in [0.15, 0.2) is 36.9 Å². The second kappa shape index (κ2) is 8.08. The molecule has 2 amide bonds. The maximum Gasteiger partial charge on any atom is 0.318 e. The molecule has 27 heavy (non-hydrogen) atoms. The number of amides is 2. The molecule has 7 heteroatoms. The van der Waals surface area contributed by atoms with Gasteiger partial charge in [-0.2, -0.15) is 5.10 Å². The molecule has 1 saturated carbocycles. The lowest BCUT2D eigenvalue weighted by molar-refractivity contribution is 0.165. The van der Waals surface area contributed by atoms with Crippen LogP contribution in [0.3, 0.4) is 0 Å². The topological polar surface area (TPSA) is 66.3 Å². The molecule has 4 rings (SSSR count). The van der Waals surface area contributed by atoms with Gasteiger partial charge in [0.15, 0.2) is 0 Å². The van der Waals surface area contributed by atoms with E-state index >= 15 is 0 Å². The zero-order valence-electron chi connectivity index (χ0n) is 15.9. The Morgan fingerprint density at radius 3 is 2.56 bits per heavy atom. The Hall–Kier alpha value is -2.41. The Kier molecular flexibility index (Phi) is 5.38. The first-order valence-corrected chi connectivity index (χ1v) is 9.83. The minimum absolute atomic E-state index is 0.0777. The lowest BCUT2D eigenvalue weighted by Gasteiger charge is -2.33. The fourth-order valence-electron chi connectivity index (χ4n) is 3.74. The summed E-state index contributed by atoms with van der Waals surface area (Å²) in [6.45, 7) is 3.63. The highest BCUT2D eigenvalue weighted by atomic mass is 16.2. The van der Waals surface area contributed by atoms with E-state index in [-0.39, 0.29) is 12.1 Å². The molecule has 2 aliphatic rings. The van der Waals surface area contributed by atoms with Gasteiger partial charge in [-0.1, -0.05) is 0 Å². The normalized spacial score (nSPS) is 18.4. The largest absolute Gasteiger partial charge is 0.335 e. The summed E-state index contributed by atoms with van der Waals surface area (Å²) in [5.74, 6) is 0. The van der Waals surface area contributed by atoms with Crippen LogP contribution in [0, 0.1) is 0 Å². The number of nitrogens with zero attached hydrogens (tertiary/aromatic N) is 5. The quantitative estimate of drug-likeness (QED) is 0.848. The molecule has 1 N–H and O–H groups in total. The van der Waals surface area contributed by atoms with E-state index in [0.717, 1.165) is 50.9 Å². The Bertz CT molecular complexity index is 749. The van der Waals surface area contributed by atoms with E-state index in [0.29, 0.717) is 12.6 Å². The van der Waals surface area contributed by atoms with Crippen molar-refractivity contribution >= 4 is 6.03 Å². The third kappa shape index (κ3) is 4.86. The van der Waals surface area contributed by atoms with Crippen molar-refractivity contribution in [1.29, 1.82) is 0 Å². The first kappa shape index (κ1) is 18.0. The zero-order chi connectivity index (χ0) is 18.6. The van der Waals surface area contributed by atoms with Gasteiger partial charge in [0, 0.05) is 62.9 Å². The molecule has 2 aromatic rings. The van der Waals surface area contributed by atoms with E-state index in [4.69, 9.17) is 0 Å². The van der Waals surface area contributed by atoms with Crippen molar-refractivity contribution in [2.75, 3.05) is 13.1 Å². The average Bonchev–Trinajstić information content (AvgIpc) is 3.43. The summed E-state index contributed by atoms with van der Waals surface area (Å²) < 4.78 is 1.79. The van der Waals surface area contributed by atoms with Crippen LogP contribution in [-0.2, 0) is 20.1 Å². The summed E-state index contributed by atoms with van der Waals surface area (Å²) >= 11 is 0. The lowest BCUT2D eigenvalue weighted by Crippen LogP contribution is -2.49. The number of aromatic nitrogens is 3. The van der Waals surface area contributed by atoms with Crippen LogP contribution in [0.4, 0.5) is 4.79 Å². The Labute approximate surface area is 160 Å². The van der Waals surface area contributed by atoms with Crippen LogP contribution in [0.5, 0.6) is 0 Å². The minimum Gasteiger partial charge on any atom is -0.335 e. The van der Waals surface area contributed by atoms with Gasteiger partial charge in [-0.3, -0.25) is 14.6 Å². The van der Waals surface area contributed by atoms with Gasteiger partial charge in [0.1, 0.15) is 0 Å². The summed E-state index contributed by atoms with van der Waals surface area (Å²) in [5.41, 5.74) is 2.38. The van der Waals surface area contributed by atoms with E-state index < -0.39 is 0 Å². The molecule has 2 fully saturated rings. The van der Waals surface area contributed by atoms with Gasteiger partial charge in [0.05, 0.1) is 12.7 Å². The number of hydrogen-bond donors (Lipinski definition) is 1. The number of pyridine rings is 1. The number of carbonyl (C=O) groups is 1. The van der Waals surface area contributed by atoms with Crippen molar-refractivity contribution in [1.82, 2.24) is 29.9 Å². The smallest absolute Gasteiger partial charge is 0.318 e. The second-order valence-corrected chi connectivity index (χ2v) is 7.74. The summed E-state index contributed by atoms with van der Waals surface area (Å²) in [6.07, 6.45) is 11.7. The molecule has 144 valence electrons. The summed E-state index contributed by atoms with van der Waals surface area (Å²) in [5, 5.41) is 7.49. The molecule has 0 aromatic carbocycles. The molecule has 0 unspecified atom stereocenters. The van der Waals surface area contributed by atoms with Gasteiger partial charge in [0.2, 0.25) is 0 Å².